The summed E-state index contributed by atoms with van der Waals surface area (Å²) in [7, 11) is 0. The standard InChI is InChI=1S/C34H64O9/c1-4-6-8-10-12-14-16-18-20-22-27(24-29(35)36)42-30(37)25-28(23-21-19-17-15-13-11-9-7-5-2)43-34-33(40)32(39)31(38)26(3)41-34/h26-28,31-34,38-40H,4-25H2,1-3H3,(H,35,36)/t26-,27+,28+,31-,32+,33+,34-/m0/s1. The number of aliphatic hydroxyl groups excluding tert-OH is 3. The highest BCUT2D eigenvalue weighted by atomic mass is 16.7. The molecule has 1 fully saturated rings. The van der Waals surface area contributed by atoms with Crippen LogP contribution >= 0.6 is 0 Å². The van der Waals surface area contributed by atoms with Crippen molar-refractivity contribution in [2.24, 2.45) is 0 Å². The first-order valence-electron chi connectivity index (χ1n) is 17.5. The second kappa shape index (κ2) is 25.0. The van der Waals surface area contributed by atoms with Crippen molar-refractivity contribution >= 4 is 11.9 Å². The van der Waals surface area contributed by atoms with E-state index in [2.05, 4.69) is 13.8 Å². The molecule has 1 saturated heterocycles. The fraction of sp³-hybridized carbons (Fsp3) is 0.941. The predicted octanol–water partition coefficient (Wildman–Crippen LogP) is 6.82. The molecule has 1 rings (SSSR count). The van der Waals surface area contributed by atoms with Crippen LogP contribution in [0.1, 0.15) is 162 Å². The number of carboxylic acids is 1. The van der Waals surface area contributed by atoms with Gasteiger partial charge in [0.1, 0.15) is 24.4 Å². The molecule has 1 aliphatic rings. The average molecular weight is 617 g/mol. The predicted molar refractivity (Wildman–Crippen MR) is 168 cm³/mol. The molecule has 0 spiro atoms. The average Bonchev–Trinajstić information content (AvgIpc) is 2.96. The van der Waals surface area contributed by atoms with Crippen molar-refractivity contribution < 1.29 is 44.2 Å². The molecule has 43 heavy (non-hydrogen) atoms. The number of esters is 1. The Labute approximate surface area is 261 Å². The zero-order chi connectivity index (χ0) is 31.9. The number of unbranched alkanes of at least 4 members (excludes halogenated alkanes) is 16. The molecule has 0 aromatic rings. The highest BCUT2D eigenvalue weighted by Gasteiger charge is 2.43. The zero-order valence-electron chi connectivity index (χ0n) is 27.4. The van der Waals surface area contributed by atoms with Gasteiger partial charge >= 0.3 is 11.9 Å². The SMILES string of the molecule is CCCCCCCCCCC[C@H](CC(=O)O)OC(=O)C[C@@H](CCCCCCCCCCC)O[C@@H]1O[C@@H](C)[C@H](O)[C@@H](O)[C@H]1O. The first kappa shape index (κ1) is 39.8. The van der Waals surface area contributed by atoms with Crippen LogP contribution in [0.2, 0.25) is 0 Å². The van der Waals surface area contributed by atoms with Crippen molar-refractivity contribution in [1.29, 1.82) is 0 Å². The number of aliphatic carboxylic acids is 1. The van der Waals surface area contributed by atoms with Gasteiger partial charge in [0, 0.05) is 0 Å². The van der Waals surface area contributed by atoms with E-state index >= 15 is 0 Å². The van der Waals surface area contributed by atoms with E-state index in [0.717, 1.165) is 38.5 Å². The van der Waals surface area contributed by atoms with Gasteiger partial charge in [0.05, 0.1) is 25.0 Å². The molecule has 0 bridgehead atoms. The molecule has 0 amide bonds. The minimum Gasteiger partial charge on any atom is -0.481 e. The second-order valence-electron chi connectivity index (χ2n) is 12.6. The number of carboxylic acid groups (broad SMARTS) is 1. The van der Waals surface area contributed by atoms with Crippen molar-refractivity contribution in [2.45, 2.75) is 205 Å². The molecule has 0 unspecified atom stereocenters. The lowest BCUT2D eigenvalue weighted by Gasteiger charge is -2.40. The molecule has 9 heteroatoms. The summed E-state index contributed by atoms with van der Waals surface area (Å²) in [6, 6.07) is 0. The van der Waals surface area contributed by atoms with E-state index in [0.29, 0.717) is 12.8 Å². The lowest BCUT2D eigenvalue weighted by atomic mass is 9.99. The fourth-order valence-corrected chi connectivity index (χ4v) is 5.72. The van der Waals surface area contributed by atoms with Crippen LogP contribution in [0.25, 0.3) is 0 Å². The van der Waals surface area contributed by atoms with Gasteiger partial charge in [0.25, 0.3) is 0 Å². The lowest BCUT2D eigenvalue weighted by Crippen LogP contribution is -2.58. The Morgan fingerprint density at radius 1 is 0.628 bits per heavy atom. The maximum Gasteiger partial charge on any atom is 0.308 e. The summed E-state index contributed by atoms with van der Waals surface area (Å²) >= 11 is 0. The van der Waals surface area contributed by atoms with E-state index in [9.17, 15) is 30.0 Å². The van der Waals surface area contributed by atoms with Gasteiger partial charge in [-0.05, 0) is 26.2 Å². The molecule has 4 N–H and O–H groups in total. The van der Waals surface area contributed by atoms with Crippen LogP contribution in [0.3, 0.4) is 0 Å². The van der Waals surface area contributed by atoms with Gasteiger partial charge in [0.2, 0.25) is 0 Å². The van der Waals surface area contributed by atoms with Crippen molar-refractivity contribution in [3.05, 3.63) is 0 Å². The maximum atomic E-state index is 13.0. The maximum absolute atomic E-state index is 13.0. The topological polar surface area (TPSA) is 143 Å². The molecular weight excluding hydrogens is 552 g/mol. The molecular formula is C34H64O9. The van der Waals surface area contributed by atoms with Crippen molar-refractivity contribution in [3.63, 3.8) is 0 Å². The van der Waals surface area contributed by atoms with Crippen LogP contribution < -0.4 is 0 Å². The zero-order valence-corrected chi connectivity index (χ0v) is 27.4. The second-order valence-corrected chi connectivity index (χ2v) is 12.6. The number of aliphatic hydroxyl groups is 3. The minimum absolute atomic E-state index is 0.107. The highest BCUT2D eigenvalue weighted by Crippen LogP contribution is 2.26. The van der Waals surface area contributed by atoms with Gasteiger partial charge in [-0.15, -0.1) is 0 Å². The van der Waals surface area contributed by atoms with Crippen LogP contribution in [-0.4, -0.2) is 75.3 Å². The van der Waals surface area contributed by atoms with Crippen LogP contribution in [0.5, 0.6) is 0 Å². The normalized spacial score (nSPS) is 23.6. The number of carbonyl (C=O) groups excluding carboxylic acids is 1. The Hall–Kier alpha value is -1.26. The Morgan fingerprint density at radius 2 is 1.07 bits per heavy atom. The third-order valence-corrected chi connectivity index (χ3v) is 8.49. The molecule has 0 saturated carbocycles. The van der Waals surface area contributed by atoms with Crippen LogP contribution in [0, 0.1) is 0 Å². The van der Waals surface area contributed by atoms with E-state index in [1.807, 2.05) is 0 Å². The lowest BCUT2D eigenvalue weighted by molar-refractivity contribution is -0.304. The quantitative estimate of drug-likeness (QED) is 0.0577. The minimum atomic E-state index is -1.46. The van der Waals surface area contributed by atoms with E-state index in [1.165, 1.54) is 77.0 Å². The fourth-order valence-electron chi connectivity index (χ4n) is 5.72. The molecule has 9 nitrogen and oxygen atoms in total. The van der Waals surface area contributed by atoms with Gasteiger partial charge in [-0.1, -0.05) is 123 Å². The molecule has 1 aliphatic heterocycles. The summed E-state index contributed by atoms with van der Waals surface area (Å²) in [4.78, 5) is 24.4. The number of rotatable bonds is 27. The van der Waals surface area contributed by atoms with Gasteiger partial charge in [-0.25, -0.2) is 0 Å². The van der Waals surface area contributed by atoms with Crippen molar-refractivity contribution in [1.82, 2.24) is 0 Å². The summed E-state index contributed by atoms with van der Waals surface area (Å²) < 4.78 is 17.3. The third kappa shape index (κ3) is 19.0. The summed E-state index contributed by atoms with van der Waals surface area (Å²) in [6.07, 6.45) is 13.9. The van der Waals surface area contributed by atoms with E-state index in [-0.39, 0.29) is 12.8 Å². The van der Waals surface area contributed by atoms with E-state index in [4.69, 9.17) is 14.2 Å². The molecule has 0 aliphatic carbocycles. The number of carbonyl (C=O) groups is 2. The first-order valence-corrected chi connectivity index (χ1v) is 17.5. The van der Waals surface area contributed by atoms with Gasteiger partial charge in [0.15, 0.2) is 6.29 Å². The number of hydrogen-bond donors (Lipinski definition) is 4. The van der Waals surface area contributed by atoms with Gasteiger partial charge in [-0.3, -0.25) is 9.59 Å². The van der Waals surface area contributed by atoms with Gasteiger partial charge < -0.3 is 34.6 Å². The van der Waals surface area contributed by atoms with Gasteiger partial charge in [-0.2, -0.15) is 0 Å². The monoisotopic (exact) mass is 616 g/mol. The third-order valence-electron chi connectivity index (χ3n) is 8.49. The number of ether oxygens (including phenoxy) is 3. The Bertz CT molecular complexity index is 703. The largest absolute Gasteiger partial charge is 0.481 e. The van der Waals surface area contributed by atoms with Crippen LogP contribution in [0.15, 0.2) is 0 Å². The Morgan fingerprint density at radius 3 is 1.53 bits per heavy atom. The summed E-state index contributed by atoms with van der Waals surface area (Å²) in [6.45, 7) is 6.00. The first-order chi connectivity index (χ1) is 20.7. The Balaban J connectivity index is 2.61. The van der Waals surface area contributed by atoms with Crippen LogP contribution in [-0.2, 0) is 23.8 Å². The van der Waals surface area contributed by atoms with Crippen molar-refractivity contribution in [3.8, 4) is 0 Å². The highest BCUT2D eigenvalue weighted by molar-refractivity contribution is 5.72. The van der Waals surface area contributed by atoms with Crippen LogP contribution in [0.4, 0.5) is 0 Å². The smallest absolute Gasteiger partial charge is 0.308 e. The van der Waals surface area contributed by atoms with Crippen molar-refractivity contribution in [2.75, 3.05) is 0 Å². The summed E-state index contributed by atoms with van der Waals surface area (Å²) in [5, 5.41) is 40.1. The molecule has 1 heterocycles. The molecule has 0 aromatic carbocycles. The van der Waals surface area contributed by atoms with E-state index < -0.39 is 54.9 Å². The molecule has 0 aromatic heterocycles. The molecule has 254 valence electrons. The van der Waals surface area contributed by atoms with E-state index in [1.54, 1.807) is 6.92 Å². The summed E-state index contributed by atoms with van der Waals surface area (Å²) in [5.74, 6) is -1.54. The summed E-state index contributed by atoms with van der Waals surface area (Å²) in [5.41, 5.74) is 0. The Kier molecular flexibility index (Phi) is 23.1. The molecule has 0 radical (unpaired) electrons. The number of hydrogen-bond acceptors (Lipinski definition) is 8. The molecule has 7 atom stereocenters.